The molecule has 1 aliphatic rings. The molecule has 0 saturated carbocycles. The van der Waals surface area contributed by atoms with E-state index < -0.39 is 20.6 Å². The van der Waals surface area contributed by atoms with E-state index in [0.29, 0.717) is 19.5 Å². The van der Waals surface area contributed by atoms with Gasteiger partial charge in [-0.1, -0.05) is 0 Å². The molecule has 0 aliphatic carbocycles. The third-order valence-corrected chi connectivity index (χ3v) is 5.97. The maximum absolute atomic E-state index is 12.3. The summed E-state index contributed by atoms with van der Waals surface area (Å²) in [6.45, 7) is 2.25. The van der Waals surface area contributed by atoms with Crippen molar-refractivity contribution in [3.63, 3.8) is 0 Å². The van der Waals surface area contributed by atoms with Crippen LogP contribution in [0.4, 0.5) is 5.69 Å². The van der Waals surface area contributed by atoms with E-state index in [-0.39, 0.29) is 29.0 Å². The van der Waals surface area contributed by atoms with E-state index in [1.54, 1.807) is 0 Å². The summed E-state index contributed by atoms with van der Waals surface area (Å²) in [5.41, 5.74) is 4.93. The maximum Gasteiger partial charge on any atom is 0.312 e. The number of ether oxygens (including phenoxy) is 1. The SMILES string of the molecule is COc1ccc(S(=O)(=O)NCCCN2CCCC(C(N)=O)C2)cc1[N+](=O)[O-]. The molecule has 1 aromatic rings. The highest BCUT2D eigenvalue weighted by molar-refractivity contribution is 7.89. The van der Waals surface area contributed by atoms with Crippen LogP contribution in [0.15, 0.2) is 23.1 Å². The first-order valence-corrected chi connectivity index (χ1v) is 10.1. The molecule has 150 valence electrons. The predicted molar refractivity (Wildman–Crippen MR) is 97.8 cm³/mol. The molecule has 0 aromatic heterocycles. The Hall–Kier alpha value is -2.24. The van der Waals surface area contributed by atoms with Gasteiger partial charge in [0, 0.05) is 19.2 Å². The summed E-state index contributed by atoms with van der Waals surface area (Å²) >= 11 is 0. The molecule has 1 saturated heterocycles. The molecule has 0 bridgehead atoms. The number of sulfonamides is 1. The zero-order valence-electron chi connectivity index (χ0n) is 15.1. The normalized spacial score (nSPS) is 18.2. The van der Waals surface area contributed by atoms with E-state index in [2.05, 4.69) is 9.62 Å². The van der Waals surface area contributed by atoms with Crippen molar-refractivity contribution in [1.82, 2.24) is 9.62 Å². The van der Waals surface area contributed by atoms with Crippen molar-refractivity contribution in [2.45, 2.75) is 24.2 Å². The van der Waals surface area contributed by atoms with Crippen LogP contribution < -0.4 is 15.2 Å². The minimum atomic E-state index is -3.87. The molecular formula is C16H24N4O6S. The van der Waals surface area contributed by atoms with Gasteiger partial charge in [0.2, 0.25) is 15.9 Å². The number of likely N-dealkylation sites (tertiary alicyclic amines) is 1. The average molecular weight is 400 g/mol. The lowest BCUT2D eigenvalue weighted by Crippen LogP contribution is -2.42. The van der Waals surface area contributed by atoms with Crippen LogP contribution in [0.2, 0.25) is 0 Å². The van der Waals surface area contributed by atoms with Gasteiger partial charge in [0.15, 0.2) is 5.75 Å². The Kier molecular flexibility index (Phi) is 7.11. The number of nitro groups is 1. The number of benzene rings is 1. The van der Waals surface area contributed by atoms with Crippen molar-refractivity contribution in [2.75, 3.05) is 33.3 Å². The number of nitro benzene ring substituents is 1. The Labute approximate surface area is 157 Å². The number of nitrogens with two attached hydrogens (primary N) is 1. The largest absolute Gasteiger partial charge is 0.490 e. The third-order valence-electron chi connectivity index (χ3n) is 4.51. The van der Waals surface area contributed by atoms with Crippen LogP contribution in [-0.2, 0) is 14.8 Å². The highest BCUT2D eigenvalue weighted by Crippen LogP contribution is 2.29. The monoisotopic (exact) mass is 400 g/mol. The first kappa shape index (κ1) is 21.1. The zero-order chi connectivity index (χ0) is 20.0. The van der Waals surface area contributed by atoms with E-state index in [1.807, 2.05) is 0 Å². The van der Waals surface area contributed by atoms with E-state index >= 15 is 0 Å². The van der Waals surface area contributed by atoms with E-state index in [1.165, 1.54) is 19.2 Å². The van der Waals surface area contributed by atoms with Crippen molar-refractivity contribution < 1.29 is 22.9 Å². The molecule has 1 atom stereocenters. The van der Waals surface area contributed by atoms with Gasteiger partial charge in [-0.2, -0.15) is 0 Å². The Morgan fingerprint density at radius 1 is 1.48 bits per heavy atom. The van der Waals surface area contributed by atoms with Crippen molar-refractivity contribution in [3.05, 3.63) is 28.3 Å². The summed E-state index contributed by atoms with van der Waals surface area (Å²) in [6, 6.07) is 3.49. The van der Waals surface area contributed by atoms with Crippen LogP contribution >= 0.6 is 0 Å². The number of methoxy groups -OCH3 is 1. The van der Waals surface area contributed by atoms with Crippen molar-refractivity contribution >= 4 is 21.6 Å². The maximum atomic E-state index is 12.3. The van der Waals surface area contributed by atoms with Gasteiger partial charge in [-0.3, -0.25) is 14.9 Å². The van der Waals surface area contributed by atoms with E-state index in [0.717, 1.165) is 25.5 Å². The highest BCUT2D eigenvalue weighted by Gasteiger charge is 2.24. The molecule has 0 radical (unpaired) electrons. The Bertz CT molecular complexity index is 798. The standard InChI is InChI=1S/C16H24N4O6S/c1-26-15-6-5-13(10-14(15)20(22)23)27(24,25)18-7-3-9-19-8-2-4-12(11-19)16(17)21/h5-6,10,12,18H,2-4,7-9,11H2,1H3,(H2,17,21). The number of rotatable bonds is 9. The minimum absolute atomic E-state index is 0.00643. The first-order chi connectivity index (χ1) is 12.7. The number of primary amides is 1. The molecule has 1 aliphatic heterocycles. The molecule has 0 spiro atoms. The fourth-order valence-corrected chi connectivity index (χ4v) is 4.16. The zero-order valence-corrected chi connectivity index (χ0v) is 15.9. The number of piperidine rings is 1. The van der Waals surface area contributed by atoms with Crippen LogP contribution in [0.3, 0.4) is 0 Å². The molecule has 1 fully saturated rings. The van der Waals surface area contributed by atoms with E-state index in [9.17, 15) is 23.3 Å². The highest BCUT2D eigenvalue weighted by atomic mass is 32.2. The first-order valence-electron chi connectivity index (χ1n) is 8.58. The number of hydrogen-bond donors (Lipinski definition) is 2. The molecule has 1 amide bonds. The van der Waals surface area contributed by atoms with Crippen LogP contribution in [0.1, 0.15) is 19.3 Å². The smallest absolute Gasteiger partial charge is 0.312 e. The lowest BCUT2D eigenvalue weighted by Gasteiger charge is -2.31. The molecule has 10 nitrogen and oxygen atoms in total. The summed E-state index contributed by atoms with van der Waals surface area (Å²) < 4.78 is 32.0. The van der Waals surface area contributed by atoms with Gasteiger partial charge in [0.05, 0.1) is 22.8 Å². The summed E-state index contributed by atoms with van der Waals surface area (Å²) in [5.74, 6) is -0.468. The van der Waals surface area contributed by atoms with Crippen molar-refractivity contribution in [3.8, 4) is 5.75 Å². The fourth-order valence-electron chi connectivity index (χ4n) is 3.06. The Morgan fingerprint density at radius 3 is 2.85 bits per heavy atom. The second-order valence-corrected chi connectivity index (χ2v) is 8.15. The topological polar surface area (TPSA) is 145 Å². The second kappa shape index (κ2) is 9.11. The van der Waals surface area contributed by atoms with Crippen LogP contribution in [-0.4, -0.2) is 57.4 Å². The average Bonchev–Trinajstić information content (AvgIpc) is 2.64. The summed E-state index contributed by atoms with van der Waals surface area (Å²) in [6.07, 6.45) is 2.21. The summed E-state index contributed by atoms with van der Waals surface area (Å²) in [4.78, 5) is 23.5. The molecule has 1 heterocycles. The van der Waals surface area contributed by atoms with E-state index in [4.69, 9.17) is 10.5 Å². The number of amides is 1. The Morgan fingerprint density at radius 2 is 2.22 bits per heavy atom. The second-order valence-electron chi connectivity index (χ2n) is 6.38. The van der Waals surface area contributed by atoms with Gasteiger partial charge < -0.3 is 15.4 Å². The van der Waals surface area contributed by atoms with Crippen LogP contribution in [0, 0.1) is 16.0 Å². The molecule has 2 rings (SSSR count). The third kappa shape index (κ3) is 5.62. The van der Waals surface area contributed by atoms with Gasteiger partial charge in [-0.15, -0.1) is 0 Å². The van der Waals surface area contributed by atoms with Crippen molar-refractivity contribution in [2.24, 2.45) is 11.7 Å². The Balaban J connectivity index is 1.91. The molecule has 1 aromatic carbocycles. The number of carbonyl (C=O) groups is 1. The predicted octanol–water partition coefficient (Wildman–Crippen LogP) is 0.469. The molecule has 3 N–H and O–H groups in total. The quantitative estimate of drug-likeness (QED) is 0.348. The molecule has 27 heavy (non-hydrogen) atoms. The molecule has 11 heteroatoms. The van der Waals surface area contributed by atoms with Gasteiger partial charge in [-0.05, 0) is 44.5 Å². The summed E-state index contributed by atoms with van der Waals surface area (Å²) in [5, 5.41) is 11.0. The number of hydrogen-bond acceptors (Lipinski definition) is 7. The lowest BCUT2D eigenvalue weighted by atomic mass is 9.97. The number of carbonyl (C=O) groups excluding carboxylic acids is 1. The van der Waals surface area contributed by atoms with Crippen LogP contribution in [0.5, 0.6) is 5.75 Å². The van der Waals surface area contributed by atoms with Gasteiger partial charge in [0.1, 0.15) is 0 Å². The number of nitrogens with zero attached hydrogens (tertiary/aromatic N) is 2. The van der Waals surface area contributed by atoms with Gasteiger partial charge in [0.25, 0.3) is 0 Å². The lowest BCUT2D eigenvalue weighted by molar-refractivity contribution is -0.386. The van der Waals surface area contributed by atoms with Crippen molar-refractivity contribution in [1.29, 1.82) is 0 Å². The fraction of sp³-hybridized carbons (Fsp3) is 0.562. The van der Waals surface area contributed by atoms with Gasteiger partial charge in [-0.25, -0.2) is 13.1 Å². The molecular weight excluding hydrogens is 376 g/mol. The van der Waals surface area contributed by atoms with Gasteiger partial charge >= 0.3 is 5.69 Å². The summed E-state index contributed by atoms with van der Waals surface area (Å²) in [7, 11) is -2.60. The number of nitrogens with one attached hydrogen (secondary N) is 1. The minimum Gasteiger partial charge on any atom is -0.490 e. The van der Waals surface area contributed by atoms with Crippen LogP contribution in [0.25, 0.3) is 0 Å². The molecule has 1 unspecified atom stereocenters.